The number of pyridine rings is 1. The Hall–Kier alpha value is -2.02. The zero-order valence-corrected chi connectivity index (χ0v) is 18.1. The number of aryl methyl sites for hydroxylation is 1. The summed E-state index contributed by atoms with van der Waals surface area (Å²) in [5, 5.41) is 3.19. The fourth-order valence-corrected chi connectivity index (χ4v) is 6.08. The number of hydrogen-bond acceptors (Lipinski definition) is 6. The van der Waals surface area contributed by atoms with Gasteiger partial charge in [0, 0.05) is 0 Å². The van der Waals surface area contributed by atoms with Crippen LogP contribution in [0.3, 0.4) is 0 Å². The predicted molar refractivity (Wildman–Crippen MR) is 106 cm³/mol. The van der Waals surface area contributed by atoms with Crippen LogP contribution < -0.4 is 5.32 Å². The van der Waals surface area contributed by atoms with E-state index >= 15 is 0 Å². The van der Waals surface area contributed by atoms with Crippen molar-refractivity contribution < 1.29 is 13.2 Å². The number of aromatic nitrogens is 2. The zero-order chi connectivity index (χ0) is 19.6. The van der Waals surface area contributed by atoms with E-state index in [1.165, 1.54) is 0 Å². The Bertz CT molecular complexity index is 1100. The standard InChI is InChI=1S/C18H16AsN3O3S2/c1-11-18(27(19,24)25)26-17(22-11)14-9-12(10-16(23)20-2)6-7-13(14)15-5-3-4-8-21-15/h3-9H,10H2,1-2H3,(H,20,23). The van der Waals surface area contributed by atoms with E-state index in [-0.39, 0.29) is 16.5 Å². The molecule has 3 aromatic rings. The molecule has 2 heterocycles. The van der Waals surface area contributed by atoms with Crippen molar-refractivity contribution in [2.45, 2.75) is 17.6 Å². The normalized spacial score (nSPS) is 11.4. The molecular formula is C18H16AsN3O3S2. The van der Waals surface area contributed by atoms with Gasteiger partial charge in [-0.05, 0) is 0 Å². The number of carbonyl (C=O) groups is 1. The monoisotopic (exact) mass is 461 g/mol. The summed E-state index contributed by atoms with van der Waals surface area (Å²) in [6.07, 6.45) is 1.93. The molecule has 0 bridgehead atoms. The maximum absolute atomic E-state index is 12.0. The first-order chi connectivity index (χ1) is 12.8. The molecule has 0 saturated heterocycles. The van der Waals surface area contributed by atoms with Gasteiger partial charge in [0.1, 0.15) is 0 Å². The molecule has 1 amide bonds. The summed E-state index contributed by atoms with van der Waals surface area (Å²) >= 11 is 2.81. The van der Waals surface area contributed by atoms with E-state index in [1.807, 2.05) is 36.4 Å². The molecule has 0 unspecified atom stereocenters. The van der Waals surface area contributed by atoms with Gasteiger partial charge >= 0.3 is 170 Å². The number of rotatable bonds is 5. The molecule has 2 radical (unpaired) electrons. The molecule has 6 nitrogen and oxygen atoms in total. The summed E-state index contributed by atoms with van der Waals surface area (Å²) in [5.74, 6) is -0.101. The second-order valence-electron chi connectivity index (χ2n) is 5.81. The van der Waals surface area contributed by atoms with Crippen LogP contribution in [0.5, 0.6) is 0 Å². The van der Waals surface area contributed by atoms with Crippen molar-refractivity contribution in [3.05, 3.63) is 53.9 Å². The average Bonchev–Trinajstić information content (AvgIpc) is 3.04. The van der Waals surface area contributed by atoms with Gasteiger partial charge in [0.05, 0.1) is 0 Å². The van der Waals surface area contributed by atoms with E-state index in [2.05, 4.69) is 15.3 Å². The van der Waals surface area contributed by atoms with Crippen LogP contribution in [-0.4, -0.2) is 47.0 Å². The molecule has 1 N–H and O–H groups in total. The Morgan fingerprint density at radius 1 is 1.22 bits per heavy atom. The fraction of sp³-hybridized carbons (Fsp3) is 0.167. The number of likely N-dealkylation sites (N-methyl/N-ethyl adjacent to an activating group) is 1. The van der Waals surface area contributed by atoms with Gasteiger partial charge in [-0.25, -0.2) is 0 Å². The number of nitrogens with one attached hydrogen (secondary N) is 1. The summed E-state index contributed by atoms with van der Waals surface area (Å²) in [5.41, 5.74) is 3.61. The van der Waals surface area contributed by atoms with E-state index in [4.69, 9.17) is 0 Å². The number of thiazole rings is 1. The number of amides is 1. The van der Waals surface area contributed by atoms with Crippen LogP contribution in [0.1, 0.15) is 11.3 Å². The van der Waals surface area contributed by atoms with Gasteiger partial charge in [0.2, 0.25) is 0 Å². The molecular weight excluding hydrogens is 445 g/mol. The van der Waals surface area contributed by atoms with Crippen LogP contribution in [0.2, 0.25) is 0 Å². The Kier molecular flexibility index (Phi) is 5.79. The van der Waals surface area contributed by atoms with Crippen LogP contribution in [-0.2, 0) is 19.3 Å². The fourth-order valence-electron chi connectivity index (χ4n) is 2.63. The molecule has 0 aliphatic carbocycles. The van der Waals surface area contributed by atoms with Gasteiger partial charge in [-0.2, -0.15) is 0 Å². The molecule has 0 saturated carbocycles. The van der Waals surface area contributed by atoms with Crippen molar-refractivity contribution in [2.75, 3.05) is 7.05 Å². The van der Waals surface area contributed by atoms with Gasteiger partial charge in [-0.3, -0.25) is 0 Å². The third-order valence-corrected chi connectivity index (χ3v) is 8.50. The number of carbonyl (C=O) groups excluding carboxylic acids is 1. The minimum absolute atomic E-state index is 0.101. The minimum atomic E-state index is -3.42. The maximum atomic E-state index is 12.0. The Morgan fingerprint density at radius 2 is 2.00 bits per heavy atom. The van der Waals surface area contributed by atoms with Crippen molar-refractivity contribution in [1.29, 1.82) is 0 Å². The first kappa shape index (κ1) is 19.7. The van der Waals surface area contributed by atoms with E-state index < -0.39 is 8.10 Å². The number of benzene rings is 1. The van der Waals surface area contributed by atoms with Crippen molar-refractivity contribution in [1.82, 2.24) is 15.3 Å². The first-order valence-corrected chi connectivity index (χ1v) is 12.6. The summed E-state index contributed by atoms with van der Waals surface area (Å²) in [6.45, 7) is 1.68. The third-order valence-electron chi connectivity index (χ3n) is 3.89. The van der Waals surface area contributed by atoms with Gasteiger partial charge in [-0.1, -0.05) is 0 Å². The van der Waals surface area contributed by atoms with Crippen LogP contribution in [0.25, 0.3) is 21.8 Å². The van der Waals surface area contributed by atoms with Gasteiger partial charge in [0.25, 0.3) is 0 Å². The third kappa shape index (κ3) is 4.46. The Balaban J connectivity index is 2.19. The summed E-state index contributed by atoms with van der Waals surface area (Å²) < 4.78 is 24.2. The second-order valence-corrected chi connectivity index (χ2v) is 11.5. The van der Waals surface area contributed by atoms with E-state index in [1.54, 1.807) is 35.9 Å². The molecule has 3 rings (SSSR count). The van der Waals surface area contributed by atoms with Crippen LogP contribution in [0.4, 0.5) is 0 Å². The van der Waals surface area contributed by atoms with Crippen LogP contribution in [0.15, 0.2) is 46.8 Å². The summed E-state index contributed by atoms with van der Waals surface area (Å²) in [6, 6.07) is 11.2. The molecule has 1 aromatic carbocycles. The first-order valence-electron chi connectivity index (χ1n) is 8.00. The SMILES string of the molecule is CNC(=O)Cc1ccc(-c2ccccn2)c(-c2nc(C)c(S(=O)(=O)[As])s2)c1. The quantitative estimate of drug-likeness (QED) is 0.590. The van der Waals surface area contributed by atoms with Crippen LogP contribution >= 0.6 is 11.3 Å². The molecule has 138 valence electrons. The van der Waals surface area contributed by atoms with Gasteiger partial charge in [-0.15, -0.1) is 0 Å². The van der Waals surface area contributed by atoms with Gasteiger partial charge in [0.15, 0.2) is 0 Å². The average molecular weight is 461 g/mol. The summed E-state index contributed by atoms with van der Waals surface area (Å²) in [7, 11) is -1.83. The van der Waals surface area contributed by atoms with Crippen molar-refractivity contribution in [3.8, 4) is 21.8 Å². The van der Waals surface area contributed by atoms with Gasteiger partial charge < -0.3 is 0 Å². The van der Waals surface area contributed by atoms with E-state index in [0.29, 0.717) is 10.7 Å². The van der Waals surface area contributed by atoms with E-state index in [0.717, 1.165) is 33.7 Å². The predicted octanol–water partition coefficient (Wildman–Crippen LogP) is 2.33. The summed E-state index contributed by atoms with van der Waals surface area (Å²) in [4.78, 5) is 20.6. The number of nitrogens with zero attached hydrogens (tertiary/aromatic N) is 2. The van der Waals surface area contributed by atoms with Crippen molar-refractivity contribution in [2.24, 2.45) is 0 Å². The molecule has 0 fully saturated rings. The number of hydrogen-bond donors (Lipinski definition) is 1. The molecule has 27 heavy (non-hydrogen) atoms. The molecule has 0 aliphatic rings. The second kappa shape index (κ2) is 7.92. The molecule has 0 atom stereocenters. The van der Waals surface area contributed by atoms with Crippen LogP contribution in [0, 0.1) is 6.92 Å². The topological polar surface area (TPSA) is 89.0 Å². The Labute approximate surface area is 169 Å². The molecule has 2 aromatic heterocycles. The molecule has 0 aliphatic heterocycles. The molecule has 9 heteroatoms. The van der Waals surface area contributed by atoms with Crippen molar-refractivity contribution >= 4 is 41.0 Å². The Morgan fingerprint density at radius 3 is 2.59 bits per heavy atom. The van der Waals surface area contributed by atoms with E-state index in [9.17, 15) is 13.2 Å². The van der Waals surface area contributed by atoms with Crippen molar-refractivity contribution in [3.63, 3.8) is 0 Å². The molecule has 0 spiro atoms. The zero-order valence-electron chi connectivity index (χ0n) is 14.6.